The van der Waals surface area contributed by atoms with Crippen LogP contribution in [0.3, 0.4) is 0 Å². The molecule has 0 radical (unpaired) electrons. The number of rotatable bonds is 7. The van der Waals surface area contributed by atoms with Crippen LogP contribution in [0.25, 0.3) is 0 Å². The molecule has 0 spiro atoms. The molecular weight excluding hydrogens is 760 g/mol. The van der Waals surface area contributed by atoms with E-state index in [-0.39, 0.29) is 12.0 Å². The van der Waals surface area contributed by atoms with Gasteiger partial charge in [-0.1, -0.05) is 19.9 Å². The van der Waals surface area contributed by atoms with E-state index in [2.05, 4.69) is 16.0 Å². The SMILES string of the molecule is C/C=C(\C)C(O)C(O)C1NC(=O)C2CC(O)CN2C(=O)C(C(C)O)NC(=O)C(N)CC(O)C(O)NC(=O)C2C(O)CCN2C(=O)C(C(O)CC(N)=O)NC1=O.CC. The van der Waals surface area contributed by atoms with Gasteiger partial charge in [-0.25, -0.2) is 0 Å². The van der Waals surface area contributed by atoms with Gasteiger partial charge in [0, 0.05) is 25.9 Å². The van der Waals surface area contributed by atoms with Gasteiger partial charge in [0.2, 0.25) is 41.4 Å². The summed E-state index contributed by atoms with van der Waals surface area (Å²) in [4.78, 5) is 95.2. The highest BCUT2D eigenvalue weighted by molar-refractivity contribution is 5.98. The molecule has 3 aliphatic rings. The number of aliphatic hydroxyl groups excluding tert-OH is 8. The summed E-state index contributed by atoms with van der Waals surface area (Å²) >= 11 is 0. The van der Waals surface area contributed by atoms with Gasteiger partial charge in [-0.15, -0.1) is 0 Å². The summed E-state index contributed by atoms with van der Waals surface area (Å²) in [6, 6.07) is -11.4. The first-order valence-electron chi connectivity index (χ1n) is 18.5. The number of carbonyl (C=O) groups excluding carboxylic acids is 7. The van der Waals surface area contributed by atoms with Gasteiger partial charge in [-0.2, -0.15) is 0 Å². The number of carbonyl (C=O) groups is 7. The molecule has 0 aromatic heterocycles. The largest absolute Gasteiger partial charge is 0.391 e. The highest BCUT2D eigenvalue weighted by Crippen LogP contribution is 2.24. The number of nitrogens with one attached hydrogen (secondary N) is 4. The molecule has 23 nitrogen and oxygen atoms in total. The summed E-state index contributed by atoms with van der Waals surface area (Å²) in [6.45, 7) is 7.05. The number of hydrogen-bond donors (Lipinski definition) is 14. The van der Waals surface area contributed by atoms with Gasteiger partial charge in [0.1, 0.15) is 48.5 Å². The standard InChI is InChI=1S/C32H52N8O15.C2H6/c1-4-11(2)24(47)25(48)22-29(52)36-21(17(44)9-19(34)46)32(55)39-6-5-16(43)23(39)30(53)38-28(51)18(45)8-14(33)26(49)35-20(12(3)41)31(54)40-10-13(42)7-15(40)27(50)37-22;1-2/h4,12-18,20-25,28,41-45,47-48,51H,5-10,33H2,1-3H3,(H2,34,46)(H,35,49)(H,36,52)(H,37,50)(H,38,53);1-2H3/b11-4+;. The average Bonchev–Trinajstić information content (AvgIpc) is 3.75. The predicted molar refractivity (Wildman–Crippen MR) is 195 cm³/mol. The quantitative estimate of drug-likeness (QED) is 0.106. The fraction of sp³-hybridized carbons (Fsp3) is 0.735. The zero-order valence-corrected chi connectivity index (χ0v) is 32.4. The zero-order valence-electron chi connectivity index (χ0n) is 32.4. The van der Waals surface area contributed by atoms with Gasteiger partial charge >= 0.3 is 0 Å². The molecule has 14 atom stereocenters. The lowest BCUT2D eigenvalue weighted by atomic mass is 9.97. The molecule has 324 valence electrons. The first-order valence-corrected chi connectivity index (χ1v) is 18.5. The minimum atomic E-state index is -2.21. The Labute approximate surface area is 328 Å². The molecule has 7 amide bonds. The molecule has 16 N–H and O–H groups in total. The molecule has 3 saturated heterocycles. The van der Waals surface area contributed by atoms with Gasteiger partial charge < -0.3 is 83.4 Å². The first-order chi connectivity index (χ1) is 26.6. The zero-order chi connectivity index (χ0) is 43.6. The highest BCUT2D eigenvalue weighted by Gasteiger charge is 2.48. The van der Waals surface area contributed by atoms with E-state index in [1.807, 2.05) is 19.2 Å². The Bertz CT molecular complexity index is 1500. The fourth-order valence-corrected chi connectivity index (χ4v) is 6.54. The monoisotopic (exact) mass is 818 g/mol. The third kappa shape index (κ3) is 12.1. The third-order valence-electron chi connectivity index (χ3n) is 9.84. The maximum Gasteiger partial charge on any atom is 0.248 e. The number of primary amides is 1. The Hall–Kier alpha value is -4.33. The number of allylic oxidation sites excluding steroid dienone is 1. The number of nitrogens with two attached hydrogens (primary N) is 2. The molecule has 23 heteroatoms. The Morgan fingerprint density at radius 2 is 1.37 bits per heavy atom. The topological polar surface area (TPSA) is 388 Å². The van der Waals surface area contributed by atoms with Crippen molar-refractivity contribution in [3.63, 3.8) is 0 Å². The summed E-state index contributed by atoms with van der Waals surface area (Å²) < 4.78 is 0. The summed E-state index contributed by atoms with van der Waals surface area (Å²) in [7, 11) is 0. The molecule has 3 heterocycles. The number of aliphatic hydroxyl groups is 8. The van der Waals surface area contributed by atoms with E-state index in [9.17, 15) is 74.4 Å². The minimum absolute atomic E-state index is 0.104. The second-order valence-corrected chi connectivity index (χ2v) is 14.0. The number of hydrogen-bond acceptors (Lipinski definition) is 16. The molecule has 3 rings (SSSR count). The Kier molecular flexibility index (Phi) is 18.4. The highest BCUT2D eigenvalue weighted by atomic mass is 16.3. The lowest BCUT2D eigenvalue weighted by molar-refractivity contribution is -0.149. The van der Waals surface area contributed by atoms with Crippen molar-refractivity contribution in [1.29, 1.82) is 0 Å². The van der Waals surface area contributed by atoms with Crippen molar-refractivity contribution >= 4 is 41.4 Å². The number of nitrogens with zero attached hydrogens (tertiary/aromatic N) is 2. The predicted octanol–water partition coefficient (Wildman–Crippen LogP) is -7.78. The molecular formula is C34H58N8O15. The average molecular weight is 819 g/mol. The summed E-state index contributed by atoms with van der Waals surface area (Å²) in [5, 5.41) is 94.4. The molecule has 57 heavy (non-hydrogen) atoms. The van der Waals surface area contributed by atoms with Crippen LogP contribution in [0.15, 0.2) is 11.6 Å². The van der Waals surface area contributed by atoms with E-state index in [4.69, 9.17) is 11.5 Å². The normalized spacial score (nSPS) is 33.5. The fourth-order valence-electron chi connectivity index (χ4n) is 6.54. The van der Waals surface area contributed by atoms with E-state index in [0.29, 0.717) is 4.90 Å². The van der Waals surface area contributed by atoms with E-state index in [0.717, 1.165) is 11.8 Å². The van der Waals surface area contributed by atoms with Gasteiger partial charge in [0.05, 0.1) is 36.9 Å². The minimum Gasteiger partial charge on any atom is -0.391 e. The van der Waals surface area contributed by atoms with Crippen LogP contribution in [0.1, 0.15) is 60.3 Å². The van der Waals surface area contributed by atoms with Gasteiger partial charge in [-0.3, -0.25) is 33.6 Å². The maximum atomic E-state index is 14.0. The van der Waals surface area contributed by atoms with Crippen LogP contribution in [-0.4, -0.2) is 190 Å². The van der Waals surface area contributed by atoms with Gasteiger partial charge in [-0.05, 0) is 32.8 Å². The number of fused-ring (bicyclic) bond motifs is 2. The van der Waals surface area contributed by atoms with E-state index in [1.54, 1.807) is 0 Å². The van der Waals surface area contributed by atoms with Crippen LogP contribution in [-0.2, 0) is 33.6 Å². The Balaban J connectivity index is 0.00000551. The van der Waals surface area contributed by atoms with Crippen molar-refractivity contribution in [1.82, 2.24) is 31.1 Å². The molecule has 0 bridgehead atoms. The first kappa shape index (κ1) is 48.8. The van der Waals surface area contributed by atoms with Gasteiger partial charge in [0.25, 0.3) is 0 Å². The molecule has 14 unspecified atom stereocenters. The van der Waals surface area contributed by atoms with Crippen molar-refractivity contribution in [2.75, 3.05) is 13.1 Å². The van der Waals surface area contributed by atoms with Crippen molar-refractivity contribution in [2.24, 2.45) is 11.5 Å². The Morgan fingerprint density at radius 1 is 0.807 bits per heavy atom. The van der Waals surface area contributed by atoms with Crippen molar-refractivity contribution in [3.05, 3.63) is 11.6 Å². The summed E-state index contributed by atoms with van der Waals surface area (Å²) in [5.41, 5.74) is 11.2. The van der Waals surface area contributed by atoms with Crippen LogP contribution in [0, 0.1) is 0 Å². The molecule has 3 aliphatic heterocycles. The van der Waals surface area contributed by atoms with E-state index >= 15 is 0 Å². The third-order valence-corrected chi connectivity index (χ3v) is 9.84. The Morgan fingerprint density at radius 3 is 1.93 bits per heavy atom. The van der Waals surface area contributed by atoms with E-state index in [1.165, 1.54) is 19.9 Å². The maximum absolute atomic E-state index is 14.0. The smallest absolute Gasteiger partial charge is 0.248 e. The van der Waals surface area contributed by atoms with Crippen molar-refractivity contribution in [2.45, 2.75) is 146 Å². The van der Waals surface area contributed by atoms with Crippen molar-refractivity contribution < 1.29 is 74.4 Å². The molecule has 3 fully saturated rings. The van der Waals surface area contributed by atoms with Gasteiger partial charge in [0.15, 0.2) is 6.23 Å². The molecule has 0 aromatic carbocycles. The van der Waals surface area contributed by atoms with E-state index < -0.39 is 159 Å². The summed E-state index contributed by atoms with van der Waals surface area (Å²) in [5.74, 6) is -8.60. The van der Waals surface area contributed by atoms with Crippen LogP contribution in [0.2, 0.25) is 0 Å². The van der Waals surface area contributed by atoms with Crippen molar-refractivity contribution in [3.8, 4) is 0 Å². The van der Waals surface area contributed by atoms with Crippen LogP contribution in [0.5, 0.6) is 0 Å². The lowest BCUT2D eigenvalue weighted by Gasteiger charge is -2.34. The lowest BCUT2D eigenvalue weighted by Crippen LogP contribution is -2.65. The molecule has 0 aliphatic carbocycles. The number of amides is 7. The second-order valence-electron chi connectivity index (χ2n) is 14.0. The van der Waals surface area contributed by atoms with Crippen LogP contribution < -0.4 is 32.7 Å². The molecule has 0 saturated carbocycles. The summed E-state index contributed by atoms with van der Waals surface area (Å²) in [6.07, 6.45) is -16.0. The van der Waals surface area contributed by atoms with Crippen LogP contribution >= 0.6 is 0 Å². The van der Waals surface area contributed by atoms with Crippen LogP contribution in [0.4, 0.5) is 0 Å². The second kappa shape index (κ2) is 21.4. The molecule has 0 aromatic rings.